The number of hydrogen-bond donors (Lipinski definition) is 2. The predicted octanol–water partition coefficient (Wildman–Crippen LogP) is 6.20. The molecule has 0 unspecified atom stereocenters. The van der Waals surface area contributed by atoms with Crippen molar-refractivity contribution in [2.75, 3.05) is 0 Å². The van der Waals surface area contributed by atoms with Crippen molar-refractivity contribution in [2.45, 2.75) is 12.8 Å². The Labute approximate surface area is 150 Å². The molecule has 3 heteroatoms. The van der Waals surface area contributed by atoms with Gasteiger partial charge in [-0.3, -0.25) is 0 Å². The van der Waals surface area contributed by atoms with Crippen LogP contribution in [0.4, 0.5) is 0 Å². The summed E-state index contributed by atoms with van der Waals surface area (Å²) in [4.78, 5) is 8.28. The van der Waals surface area contributed by atoms with Crippen LogP contribution >= 0.6 is 11.3 Å². The van der Waals surface area contributed by atoms with Crippen LogP contribution in [0.3, 0.4) is 0 Å². The molecule has 0 radical (unpaired) electrons. The lowest BCUT2D eigenvalue weighted by atomic mass is 9.89. The highest BCUT2D eigenvalue weighted by molar-refractivity contribution is 7.10. The molecule has 0 aliphatic rings. The van der Waals surface area contributed by atoms with Crippen molar-refractivity contribution in [3.8, 4) is 0 Å². The molecule has 2 nitrogen and oxygen atoms in total. The average molecular weight is 342 g/mol. The summed E-state index contributed by atoms with van der Waals surface area (Å²) in [6.45, 7) is 2.17. The van der Waals surface area contributed by atoms with Gasteiger partial charge >= 0.3 is 0 Å². The summed E-state index contributed by atoms with van der Waals surface area (Å²) in [5.41, 5.74) is 6.38. The van der Waals surface area contributed by atoms with Crippen molar-refractivity contribution < 1.29 is 0 Å². The van der Waals surface area contributed by atoms with Crippen molar-refractivity contribution in [3.05, 3.63) is 93.9 Å². The Hall–Kier alpha value is -2.78. The van der Waals surface area contributed by atoms with Crippen LogP contribution in [0, 0.1) is 6.92 Å². The maximum Gasteiger partial charge on any atom is 0.0476 e. The largest absolute Gasteiger partial charge is 0.361 e. The second kappa shape index (κ2) is 5.64. The molecule has 0 amide bonds. The number of hydrogen-bond acceptors (Lipinski definition) is 1. The van der Waals surface area contributed by atoms with Gasteiger partial charge in [-0.15, -0.1) is 11.3 Å². The zero-order valence-electron chi connectivity index (χ0n) is 13.9. The Kier molecular flexibility index (Phi) is 3.28. The van der Waals surface area contributed by atoms with Gasteiger partial charge in [-0.2, -0.15) is 0 Å². The molecule has 3 heterocycles. The Bertz CT molecular complexity index is 1100. The van der Waals surface area contributed by atoms with E-state index < -0.39 is 0 Å². The van der Waals surface area contributed by atoms with Crippen molar-refractivity contribution >= 4 is 33.1 Å². The number of nitrogens with one attached hydrogen (secondary N) is 2. The first-order valence-electron chi connectivity index (χ1n) is 8.48. The van der Waals surface area contributed by atoms with Crippen molar-refractivity contribution in [3.63, 3.8) is 0 Å². The Morgan fingerprint density at radius 3 is 1.88 bits per heavy atom. The molecule has 0 atom stereocenters. The second-order valence-electron chi connectivity index (χ2n) is 6.54. The van der Waals surface area contributed by atoms with E-state index in [0.29, 0.717) is 0 Å². The fraction of sp³-hybridized carbons (Fsp3) is 0.0909. The van der Waals surface area contributed by atoms with E-state index in [1.54, 1.807) is 0 Å². The average Bonchev–Trinajstić information content (AvgIpc) is 3.36. The summed E-state index contributed by atoms with van der Waals surface area (Å²) in [5.74, 6) is 0.228. The maximum absolute atomic E-state index is 3.45. The molecule has 5 rings (SSSR count). The van der Waals surface area contributed by atoms with E-state index in [0.717, 1.165) is 0 Å². The molecule has 5 aromatic rings. The highest BCUT2D eigenvalue weighted by Crippen LogP contribution is 2.41. The minimum Gasteiger partial charge on any atom is -0.361 e. The molecule has 3 aromatic heterocycles. The Morgan fingerprint density at radius 2 is 1.36 bits per heavy atom. The molecule has 0 aliphatic heterocycles. The van der Waals surface area contributed by atoms with Gasteiger partial charge in [0.2, 0.25) is 0 Å². The summed E-state index contributed by atoms with van der Waals surface area (Å²) in [7, 11) is 0. The normalized spacial score (nSPS) is 11.8. The number of H-pyrrole nitrogens is 2. The van der Waals surface area contributed by atoms with Gasteiger partial charge in [-0.05, 0) is 47.2 Å². The van der Waals surface area contributed by atoms with E-state index in [2.05, 4.69) is 89.3 Å². The SMILES string of the molecule is Cc1csc(C(c2c[nH]c3ccccc23)c2c[nH]c3ccccc23)c1. The van der Waals surface area contributed by atoms with Crippen LogP contribution in [0.5, 0.6) is 0 Å². The Balaban J connectivity index is 1.80. The van der Waals surface area contributed by atoms with Gasteiger partial charge in [0.05, 0.1) is 0 Å². The van der Waals surface area contributed by atoms with Gasteiger partial charge in [0.1, 0.15) is 0 Å². The monoisotopic (exact) mass is 342 g/mol. The van der Waals surface area contributed by atoms with E-state index >= 15 is 0 Å². The molecular formula is C22H18N2S. The molecule has 25 heavy (non-hydrogen) atoms. The quantitative estimate of drug-likeness (QED) is 0.391. The summed E-state index contributed by atoms with van der Waals surface area (Å²) >= 11 is 1.84. The number of benzene rings is 2. The Morgan fingerprint density at radius 1 is 0.800 bits per heavy atom. The minimum absolute atomic E-state index is 0.228. The molecule has 0 saturated heterocycles. The van der Waals surface area contributed by atoms with E-state index in [-0.39, 0.29) is 5.92 Å². The summed E-state index contributed by atoms with van der Waals surface area (Å²) in [5, 5.41) is 4.83. The smallest absolute Gasteiger partial charge is 0.0476 e. The lowest BCUT2D eigenvalue weighted by Gasteiger charge is -2.15. The van der Waals surface area contributed by atoms with E-state index in [4.69, 9.17) is 0 Å². The van der Waals surface area contributed by atoms with Crippen LogP contribution < -0.4 is 0 Å². The van der Waals surface area contributed by atoms with Crippen molar-refractivity contribution in [1.29, 1.82) is 0 Å². The molecule has 2 N–H and O–H groups in total. The van der Waals surface area contributed by atoms with Gasteiger partial charge < -0.3 is 9.97 Å². The molecule has 0 bridgehead atoms. The first kappa shape index (κ1) is 14.6. The highest BCUT2D eigenvalue weighted by atomic mass is 32.1. The third-order valence-electron chi connectivity index (χ3n) is 4.90. The lowest BCUT2D eigenvalue weighted by molar-refractivity contribution is 1.03. The van der Waals surface area contributed by atoms with Crippen molar-refractivity contribution in [2.24, 2.45) is 0 Å². The van der Waals surface area contributed by atoms with Gasteiger partial charge in [-0.1, -0.05) is 36.4 Å². The highest BCUT2D eigenvalue weighted by Gasteiger charge is 2.24. The number of aromatic amines is 2. The third kappa shape index (κ3) is 2.31. The van der Waals surface area contributed by atoms with E-state index in [9.17, 15) is 0 Å². The van der Waals surface area contributed by atoms with Gasteiger partial charge in [-0.25, -0.2) is 0 Å². The lowest BCUT2D eigenvalue weighted by Crippen LogP contribution is -2.00. The van der Waals surface area contributed by atoms with Gasteiger partial charge in [0.15, 0.2) is 0 Å². The fourth-order valence-corrected chi connectivity index (χ4v) is 4.78. The summed E-state index contributed by atoms with van der Waals surface area (Å²) in [6.07, 6.45) is 4.35. The zero-order valence-corrected chi connectivity index (χ0v) is 14.7. The van der Waals surface area contributed by atoms with Crippen molar-refractivity contribution in [1.82, 2.24) is 9.97 Å². The number of rotatable bonds is 3. The molecule has 0 spiro atoms. The predicted molar refractivity (Wildman–Crippen MR) is 107 cm³/mol. The van der Waals surface area contributed by atoms with Crippen LogP contribution in [-0.4, -0.2) is 9.97 Å². The molecule has 122 valence electrons. The van der Waals surface area contributed by atoms with Crippen LogP contribution in [0.1, 0.15) is 27.5 Å². The first-order chi connectivity index (χ1) is 12.3. The molecule has 2 aromatic carbocycles. The van der Waals surface area contributed by atoms with Crippen LogP contribution in [0.25, 0.3) is 21.8 Å². The number of aryl methyl sites for hydroxylation is 1. The van der Waals surface area contributed by atoms with Crippen LogP contribution in [0.2, 0.25) is 0 Å². The minimum atomic E-state index is 0.228. The summed E-state index contributed by atoms with van der Waals surface area (Å²) in [6, 6.07) is 19.4. The fourth-order valence-electron chi connectivity index (χ4n) is 3.74. The van der Waals surface area contributed by atoms with Gasteiger partial charge in [0.25, 0.3) is 0 Å². The first-order valence-corrected chi connectivity index (χ1v) is 9.36. The van der Waals surface area contributed by atoms with Crippen LogP contribution in [-0.2, 0) is 0 Å². The number of thiophene rings is 1. The molecule has 0 fully saturated rings. The van der Waals surface area contributed by atoms with E-state index in [1.165, 1.54) is 43.4 Å². The molecule has 0 saturated carbocycles. The van der Waals surface area contributed by atoms with E-state index in [1.807, 2.05) is 11.3 Å². The topological polar surface area (TPSA) is 31.6 Å². The summed E-state index contributed by atoms with van der Waals surface area (Å²) < 4.78 is 0. The standard InChI is InChI=1S/C22H18N2S/c1-14-10-21(25-13-14)22(17-11-23-19-8-4-2-6-15(17)19)18-12-24-20-9-5-3-7-16(18)20/h2-13,22-24H,1H3. The zero-order chi connectivity index (χ0) is 16.8. The van der Waals surface area contributed by atoms with Gasteiger partial charge in [0, 0.05) is 45.0 Å². The molecular weight excluding hydrogens is 324 g/mol. The third-order valence-corrected chi connectivity index (χ3v) is 6.02. The second-order valence-corrected chi connectivity index (χ2v) is 7.48. The number of aromatic nitrogens is 2. The number of fused-ring (bicyclic) bond motifs is 2. The molecule has 0 aliphatic carbocycles. The van der Waals surface area contributed by atoms with Crippen LogP contribution in [0.15, 0.2) is 72.4 Å². The number of para-hydroxylation sites is 2. The maximum atomic E-state index is 3.45.